The van der Waals surface area contributed by atoms with E-state index in [0.717, 1.165) is 5.56 Å². The van der Waals surface area contributed by atoms with Crippen molar-refractivity contribution < 1.29 is 14.3 Å². The van der Waals surface area contributed by atoms with Gasteiger partial charge in [-0.25, -0.2) is 14.4 Å². The number of carbonyl (C=O) groups excluding carboxylic acids is 1. The molecule has 6 nitrogen and oxygen atoms in total. The molecule has 1 amide bonds. The Kier molecular flexibility index (Phi) is 5.67. The third-order valence-corrected chi connectivity index (χ3v) is 4.35. The van der Waals surface area contributed by atoms with Gasteiger partial charge in [-0.3, -0.25) is 9.69 Å². The summed E-state index contributed by atoms with van der Waals surface area (Å²) in [4.78, 5) is 22.3. The highest BCUT2D eigenvalue weighted by atomic mass is 19.1. The first-order valence-corrected chi connectivity index (χ1v) is 8.25. The van der Waals surface area contributed by atoms with E-state index in [4.69, 9.17) is 5.11 Å². The number of aromatic nitrogens is 2. The van der Waals surface area contributed by atoms with Crippen LogP contribution in [0.2, 0.25) is 0 Å². The van der Waals surface area contributed by atoms with Crippen molar-refractivity contribution in [3.8, 4) is 0 Å². The van der Waals surface area contributed by atoms with Gasteiger partial charge in [-0.05, 0) is 24.1 Å². The Hall–Kier alpha value is -2.38. The van der Waals surface area contributed by atoms with Crippen molar-refractivity contribution in [1.29, 1.82) is 0 Å². The lowest BCUT2D eigenvalue weighted by atomic mass is 10.1. The maximum atomic E-state index is 13.9. The molecule has 2 aromatic rings. The molecule has 132 valence electrons. The Morgan fingerprint density at radius 3 is 2.88 bits per heavy atom. The predicted octanol–water partition coefficient (Wildman–Crippen LogP) is 1.31. The molecule has 2 heterocycles. The SMILES string of the molecule is O=C(NC[C@@H]1C[C@H](F)CN1Cc1cncnc1)c1cccc(CO)c1. The minimum Gasteiger partial charge on any atom is -0.392 e. The van der Waals surface area contributed by atoms with Gasteiger partial charge in [-0.15, -0.1) is 0 Å². The fraction of sp³-hybridized carbons (Fsp3) is 0.389. The molecule has 1 fully saturated rings. The molecule has 1 aromatic heterocycles. The lowest BCUT2D eigenvalue weighted by Crippen LogP contribution is -2.39. The van der Waals surface area contributed by atoms with E-state index in [0.29, 0.717) is 37.2 Å². The molecule has 1 aliphatic heterocycles. The van der Waals surface area contributed by atoms with Gasteiger partial charge < -0.3 is 10.4 Å². The second kappa shape index (κ2) is 8.13. The number of aliphatic hydroxyl groups excluding tert-OH is 1. The topological polar surface area (TPSA) is 78.4 Å². The van der Waals surface area contributed by atoms with E-state index in [1.165, 1.54) is 6.33 Å². The van der Waals surface area contributed by atoms with Crippen LogP contribution in [-0.2, 0) is 13.2 Å². The molecular formula is C18H21FN4O2. The Morgan fingerprint density at radius 1 is 1.32 bits per heavy atom. The van der Waals surface area contributed by atoms with Gasteiger partial charge in [0.15, 0.2) is 0 Å². The number of nitrogens with zero attached hydrogens (tertiary/aromatic N) is 3. The van der Waals surface area contributed by atoms with Crippen molar-refractivity contribution in [3.63, 3.8) is 0 Å². The van der Waals surface area contributed by atoms with Gasteiger partial charge in [0, 0.05) is 49.2 Å². The van der Waals surface area contributed by atoms with Crippen molar-refractivity contribution in [2.45, 2.75) is 31.8 Å². The summed E-state index contributed by atoms with van der Waals surface area (Å²) in [6, 6.07) is 6.77. The zero-order valence-corrected chi connectivity index (χ0v) is 13.8. The molecule has 0 unspecified atom stereocenters. The number of likely N-dealkylation sites (tertiary alicyclic amines) is 1. The molecule has 1 saturated heterocycles. The Balaban J connectivity index is 1.59. The second-order valence-corrected chi connectivity index (χ2v) is 6.23. The summed E-state index contributed by atoms with van der Waals surface area (Å²) in [5, 5.41) is 12.0. The maximum Gasteiger partial charge on any atom is 0.251 e. The molecule has 0 bridgehead atoms. The van der Waals surface area contributed by atoms with Crippen LogP contribution in [0.3, 0.4) is 0 Å². The highest BCUT2D eigenvalue weighted by Gasteiger charge is 2.32. The molecular weight excluding hydrogens is 323 g/mol. The van der Waals surface area contributed by atoms with Crippen LogP contribution in [0.15, 0.2) is 43.0 Å². The highest BCUT2D eigenvalue weighted by Crippen LogP contribution is 2.22. The summed E-state index contributed by atoms with van der Waals surface area (Å²) in [5.74, 6) is -0.222. The highest BCUT2D eigenvalue weighted by molar-refractivity contribution is 5.94. The minimum atomic E-state index is -0.899. The third kappa shape index (κ3) is 4.58. The number of alkyl halides is 1. The van der Waals surface area contributed by atoms with Gasteiger partial charge in [-0.2, -0.15) is 0 Å². The lowest BCUT2D eigenvalue weighted by molar-refractivity contribution is 0.0939. The Bertz CT molecular complexity index is 713. The van der Waals surface area contributed by atoms with Crippen LogP contribution in [0.25, 0.3) is 0 Å². The van der Waals surface area contributed by atoms with Crippen LogP contribution in [0.4, 0.5) is 4.39 Å². The summed E-state index contributed by atoms with van der Waals surface area (Å²) in [5.41, 5.74) is 2.09. The molecule has 0 saturated carbocycles. The van der Waals surface area contributed by atoms with Gasteiger partial charge in [0.25, 0.3) is 5.91 Å². The number of nitrogens with one attached hydrogen (secondary N) is 1. The number of halogens is 1. The summed E-state index contributed by atoms with van der Waals surface area (Å²) in [6.45, 7) is 1.16. The van der Waals surface area contributed by atoms with E-state index in [2.05, 4.69) is 15.3 Å². The summed E-state index contributed by atoms with van der Waals surface area (Å²) >= 11 is 0. The third-order valence-electron chi connectivity index (χ3n) is 4.35. The number of benzene rings is 1. The number of carbonyl (C=O) groups is 1. The van der Waals surface area contributed by atoms with Gasteiger partial charge in [0.05, 0.1) is 6.61 Å². The molecule has 1 aromatic carbocycles. The Labute approximate surface area is 145 Å². The van der Waals surface area contributed by atoms with Crippen LogP contribution >= 0.6 is 0 Å². The number of aliphatic hydroxyl groups is 1. The average molecular weight is 344 g/mol. The van der Waals surface area contributed by atoms with Gasteiger partial charge in [-0.1, -0.05) is 12.1 Å². The van der Waals surface area contributed by atoms with E-state index < -0.39 is 6.17 Å². The fourth-order valence-electron chi connectivity index (χ4n) is 3.10. The summed E-state index contributed by atoms with van der Waals surface area (Å²) < 4.78 is 13.9. The minimum absolute atomic E-state index is 0.0693. The van der Waals surface area contributed by atoms with Gasteiger partial charge in [0.1, 0.15) is 12.5 Å². The molecule has 7 heteroatoms. The smallest absolute Gasteiger partial charge is 0.251 e. The molecule has 0 aliphatic carbocycles. The second-order valence-electron chi connectivity index (χ2n) is 6.23. The molecule has 0 radical (unpaired) electrons. The molecule has 3 rings (SSSR count). The van der Waals surface area contributed by atoms with Gasteiger partial charge >= 0.3 is 0 Å². The first kappa shape index (κ1) is 17.4. The van der Waals surface area contributed by atoms with Crippen molar-refractivity contribution in [2.75, 3.05) is 13.1 Å². The molecule has 25 heavy (non-hydrogen) atoms. The number of hydrogen-bond acceptors (Lipinski definition) is 5. The van der Waals surface area contributed by atoms with Crippen LogP contribution in [-0.4, -0.2) is 51.2 Å². The first-order valence-electron chi connectivity index (χ1n) is 8.25. The summed E-state index contributed by atoms with van der Waals surface area (Å²) in [6.07, 6.45) is 4.39. The lowest BCUT2D eigenvalue weighted by Gasteiger charge is -2.24. The first-order chi connectivity index (χ1) is 12.2. The van der Waals surface area contributed by atoms with E-state index in [1.807, 2.05) is 4.90 Å². The zero-order chi connectivity index (χ0) is 17.6. The van der Waals surface area contributed by atoms with Crippen LogP contribution in [0.5, 0.6) is 0 Å². The summed E-state index contributed by atoms with van der Waals surface area (Å²) in [7, 11) is 0. The molecule has 0 spiro atoms. The van der Waals surface area contributed by atoms with E-state index >= 15 is 0 Å². The van der Waals surface area contributed by atoms with E-state index in [1.54, 1.807) is 36.7 Å². The zero-order valence-electron chi connectivity index (χ0n) is 13.8. The number of hydrogen-bond donors (Lipinski definition) is 2. The monoisotopic (exact) mass is 344 g/mol. The molecule has 2 atom stereocenters. The fourth-order valence-corrected chi connectivity index (χ4v) is 3.10. The molecule has 2 N–H and O–H groups in total. The van der Waals surface area contributed by atoms with Crippen LogP contribution < -0.4 is 5.32 Å². The number of rotatable bonds is 6. The van der Waals surface area contributed by atoms with Crippen LogP contribution in [0.1, 0.15) is 27.9 Å². The van der Waals surface area contributed by atoms with Crippen molar-refractivity contribution in [1.82, 2.24) is 20.2 Å². The van der Waals surface area contributed by atoms with Crippen LogP contribution in [0, 0.1) is 0 Å². The van der Waals surface area contributed by atoms with Gasteiger partial charge in [0.2, 0.25) is 0 Å². The normalized spacial score (nSPS) is 20.6. The molecule has 1 aliphatic rings. The van der Waals surface area contributed by atoms with Crippen molar-refractivity contribution in [3.05, 3.63) is 59.7 Å². The van der Waals surface area contributed by atoms with Crippen molar-refractivity contribution >= 4 is 5.91 Å². The maximum absolute atomic E-state index is 13.9. The number of amides is 1. The van der Waals surface area contributed by atoms with Crippen molar-refractivity contribution in [2.24, 2.45) is 0 Å². The average Bonchev–Trinajstić information content (AvgIpc) is 2.99. The Morgan fingerprint density at radius 2 is 2.12 bits per heavy atom. The largest absolute Gasteiger partial charge is 0.392 e. The standard InChI is InChI=1S/C18H21FN4O2/c19-16-5-17(23(10-16)9-14-6-20-12-21-7-14)8-22-18(25)15-3-1-2-13(4-15)11-24/h1-4,6-7,12,16-17,24H,5,8-11H2,(H,22,25)/t16-,17-/m0/s1. The predicted molar refractivity (Wildman–Crippen MR) is 90.4 cm³/mol. The van der Waals surface area contributed by atoms with E-state index in [9.17, 15) is 9.18 Å². The van der Waals surface area contributed by atoms with E-state index in [-0.39, 0.29) is 18.6 Å². The quantitative estimate of drug-likeness (QED) is 0.826.